The number of carboxylic acids is 1. The smallest absolute Gasteiger partial charge is 0.312 e. The summed E-state index contributed by atoms with van der Waals surface area (Å²) in [5.74, 6) is -2.08. The Morgan fingerprint density at radius 1 is 1.28 bits per heavy atom. The van der Waals surface area contributed by atoms with E-state index in [-0.39, 0.29) is 12.1 Å². The Morgan fingerprint density at radius 3 is 2.69 bits per heavy atom. The van der Waals surface area contributed by atoms with Crippen molar-refractivity contribution in [3.63, 3.8) is 0 Å². The van der Waals surface area contributed by atoms with Gasteiger partial charge in [-0.2, -0.15) is 0 Å². The zero-order valence-electron chi connectivity index (χ0n) is 17.4. The van der Waals surface area contributed by atoms with Crippen LogP contribution in [-0.2, 0) is 14.8 Å². The molecule has 0 aliphatic heterocycles. The van der Waals surface area contributed by atoms with Crippen molar-refractivity contribution >= 4 is 60.0 Å². The van der Waals surface area contributed by atoms with Gasteiger partial charge in [0, 0.05) is 16.1 Å². The predicted molar refractivity (Wildman–Crippen MR) is 129 cm³/mol. The molecule has 0 radical (unpaired) electrons. The van der Waals surface area contributed by atoms with Crippen LogP contribution in [0, 0.1) is 6.92 Å². The van der Waals surface area contributed by atoms with Crippen LogP contribution in [0.2, 0.25) is 5.02 Å². The van der Waals surface area contributed by atoms with Gasteiger partial charge in [-0.05, 0) is 55.3 Å². The first-order valence-corrected chi connectivity index (χ1v) is 12.6. The summed E-state index contributed by atoms with van der Waals surface area (Å²) < 4.78 is 30.0. The van der Waals surface area contributed by atoms with Crippen LogP contribution < -0.4 is 0 Å². The Bertz CT molecular complexity index is 1470. The van der Waals surface area contributed by atoms with Crippen LogP contribution >= 0.6 is 22.9 Å². The summed E-state index contributed by atoms with van der Waals surface area (Å²) in [5.41, 5.74) is 1.92. The molecule has 4 rings (SSSR count). The lowest BCUT2D eigenvalue weighted by Crippen LogP contribution is -2.25. The molecular weight excluding hydrogens is 468 g/mol. The van der Waals surface area contributed by atoms with E-state index in [2.05, 4.69) is 11.6 Å². The number of carboxylic acid groups (broad SMARTS) is 1. The third-order valence-corrected chi connectivity index (χ3v) is 8.64. The molecule has 0 saturated heterocycles. The topological polar surface area (TPSA) is 89.3 Å². The van der Waals surface area contributed by atoms with E-state index in [4.69, 9.17) is 11.6 Å². The van der Waals surface area contributed by atoms with Crippen LogP contribution in [0.3, 0.4) is 0 Å². The van der Waals surface area contributed by atoms with Crippen LogP contribution in [0.15, 0.2) is 55.1 Å². The first-order valence-electron chi connectivity index (χ1n) is 9.95. The van der Waals surface area contributed by atoms with Crippen molar-refractivity contribution in [1.82, 2.24) is 8.96 Å². The highest BCUT2D eigenvalue weighted by molar-refractivity contribution is 7.90. The van der Waals surface area contributed by atoms with Crippen LogP contribution in [0.1, 0.15) is 40.8 Å². The van der Waals surface area contributed by atoms with Crippen LogP contribution in [-0.4, -0.2) is 28.5 Å². The van der Waals surface area contributed by atoms with Gasteiger partial charge < -0.3 is 5.11 Å². The van der Waals surface area contributed by atoms with Gasteiger partial charge in [-0.1, -0.05) is 30.7 Å². The molecule has 9 heteroatoms. The molecule has 0 amide bonds. The Kier molecular flexibility index (Phi) is 5.87. The summed E-state index contributed by atoms with van der Waals surface area (Å²) in [6.45, 7) is 7.39. The molecule has 32 heavy (non-hydrogen) atoms. The van der Waals surface area contributed by atoms with Gasteiger partial charge >= 0.3 is 5.97 Å². The number of benzene rings is 2. The van der Waals surface area contributed by atoms with Gasteiger partial charge in [0.05, 0.1) is 26.7 Å². The molecule has 166 valence electrons. The van der Waals surface area contributed by atoms with Crippen LogP contribution in [0.4, 0.5) is 0 Å². The van der Waals surface area contributed by atoms with Crippen LogP contribution in [0.5, 0.6) is 0 Å². The molecule has 0 spiro atoms. The number of hydrogen-bond acceptors (Lipinski definition) is 5. The van der Waals surface area contributed by atoms with Crippen molar-refractivity contribution in [2.24, 2.45) is 0 Å². The van der Waals surface area contributed by atoms with Gasteiger partial charge in [-0.15, -0.1) is 17.9 Å². The van der Waals surface area contributed by atoms with Crippen molar-refractivity contribution < 1.29 is 18.3 Å². The third-order valence-electron chi connectivity index (χ3n) is 5.45. The maximum atomic E-state index is 14.0. The van der Waals surface area contributed by atoms with Gasteiger partial charge in [0.25, 0.3) is 0 Å². The molecule has 4 aromatic rings. The summed E-state index contributed by atoms with van der Waals surface area (Å²) in [4.78, 5) is 16.4. The molecule has 0 fully saturated rings. The molecule has 2 unspecified atom stereocenters. The summed E-state index contributed by atoms with van der Waals surface area (Å²) in [5, 5.41) is 10.6. The van der Waals surface area contributed by atoms with Crippen molar-refractivity contribution in [2.75, 3.05) is 0 Å². The first-order chi connectivity index (χ1) is 15.2. The monoisotopic (exact) mass is 488 g/mol. The minimum atomic E-state index is -4.11. The normalized spacial score (nSPS) is 14.0. The lowest BCUT2D eigenvalue weighted by atomic mass is 10.0. The number of fused-ring (bicyclic) bond motifs is 2. The number of nitrogens with zero attached hydrogens (tertiary/aromatic N) is 2. The highest BCUT2D eigenvalue weighted by Gasteiger charge is 2.34. The van der Waals surface area contributed by atoms with Crippen molar-refractivity contribution in [2.45, 2.75) is 31.4 Å². The minimum absolute atomic E-state index is 0.193. The van der Waals surface area contributed by atoms with Gasteiger partial charge in [-0.25, -0.2) is 17.4 Å². The standard InChI is InChI=1S/C23H21ClN2O4S2/c1-4-17(23(27)28)20-11-15-10-16(24)7-9-19(15)26(20)32(29,30)22(5-2)14-6-8-18-21(12-14)31-13(3)25-18/h5-12,17,22H,2,4H2,1,3H3,(H,27,28). The predicted octanol–water partition coefficient (Wildman–Crippen LogP) is 5.90. The second-order valence-corrected chi connectivity index (χ2v) is 11.1. The molecule has 1 N–H and O–H groups in total. The van der Waals surface area contributed by atoms with Crippen molar-refractivity contribution in [3.8, 4) is 0 Å². The molecule has 2 aromatic carbocycles. The second kappa shape index (κ2) is 8.35. The van der Waals surface area contributed by atoms with Crippen molar-refractivity contribution in [1.29, 1.82) is 0 Å². The zero-order chi connectivity index (χ0) is 23.2. The number of halogens is 1. The zero-order valence-corrected chi connectivity index (χ0v) is 19.8. The Morgan fingerprint density at radius 2 is 2.03 bits per heavy atom. The lowest BCUT2D eigenvalue weighted by molar-refractivity contribution is -0.138. The molecule has 0 bridgehead atoms. The highest BCUT2D eigenvalue weighted by atomic mass is 35.5. The van der Waals surface area contributed by atoms with E-state index in [1.807, 2.05) is 6.92 Å². The molecule has 0 aliphatic carbocycles. The fraction of sp³-hybridized carbons (Fsp3) is 0.217. The largest absolute Gasteiger partial charge is 0.481 e. The fourth-order valence-electron chi connectivity index (χ4n) is 4.00. The Hall–Kier alpha value is -2.68. The third kappa shape index (κ3) is 3.72. The number of hydrogen-bond donors (Lipinski definition) is 1. The Balaban J connectivity index is 1.97. The van der Waals surface area contributed by atoms with Gasteiger partial charge in [0.2, 0.25) is 10.0 Å². The highest BCUT2D eigenvalue weighted by Crippen LogP contribution is 2.37. The van der Waals surface area contributed by atoms with E-state index >= 15 is 0 Å². The molecule has 2 atom stereocenters. The summed E-state index contributed by atoms with van der Waals surface area (Å²) in [7, 11) is -4.11. The summed E-state index contributed by atoms with van der Waals surface area (Å²) in [6.07, 6.45) is 1.61. The summed E-state index contributed by atoms with van der Waals surface area (Å²) >= 11 is 7.60. The van der Waals surface area contributed by atoms with Crippen LogP contribution in [0.25, 0.3) is 21.1 Å². The second-order valence-electron chi connectivity index (χ2n) is 7.50. The molecule has 0 saturated carbocycles. The van der Waals surface area contributed by atoms with E-state index in [0.717, 1.165) is 19.2 Å². The van der Waals surface area contributed by atoms with E-state index in [1.165, 1.54) is 17.4 Å². The fourth-order valence-corrected chi connectivity index (χ4v) is 6.93. The molecule has 2 aromatic heterocycles. The molecular formula is C23H21ClN2O4S2. The van der Waals surface area contributed by atoms with E-state index in [1.54, 1.807) is 49.4 Å². The van der Waals surface area contributed by atoms with Crippen molar-refractivity contribution in [3.05, 3.63) is 76.4 Å². The molecule has 2 heterocycles. The van der Waals surface area contributed by atoms with Gasteiger partial charge in [0.15, 0.2) is 0 Å². The number of aromatic nitrogens is 2. The average molecular weight is 489 g/mol. The van der Waals surface area contributed by atoms with Gasteiger partial charge in [0.1, 0.15) is 5.25 Å². The number of aryl methyl sites for hydroxylation is 1. The minimum Gasteiger partial charge on any atom is -0.481 e. The Labute approximate surface area is 194 Å². The van der Waals surface area contributed by atoms with E-state index in [0.29, 0.717) is 21.5 Å². The van der Waals surface area contributed by atoms with E-state index in [9.17, 15) is 18.3 Å². The quantitative estimate of drug-likeness (QED) is 0.327. The van der Waals surface area contributed by atoms with E-state index < -0.39 is 27.2 Å². The lowest BCUT2D eigenvalue weighted by Gasteiger charge is -2.20. The first kappa shape index (κ1) is 22.5. The number of aliphatic carboxylic acids is 1. The maximum absolute atomic E-state index is 14.0. The summed E-state index contributed by atoms with van der Waals surface area (Å²) in [6, 6.07) is 11.7. The number of carbonyl (C=O) groups is 1. The average Bonchev–Trinajstić information content (AvgIpc) is 3.27. The SMILES string of the molecule is C=CC(c1ccc2nc(C)sc2c1)S(=O)(=O)n1c(C(CC)C(=O)O)cc2cc(Cl)ccc21. The number of rotatable bonds is 7. The van der Waals surface area contributed by atoms with Gasteiger partial charge in [-0.3, -0.25) is 4.79 Å². The molecule has 6 nitrogen and oxygen atoms in total. The molecule has 0 aliphatic rings. The maximum Gasteiger partial charge on any atom is 0.312 e. The number of thiazole rings is 1.